The molecule has 2 atom stereocenters. The smallest absolute Gasteiger partial charge is 0.234 e. The zero-order valence-electron chi connectivity index (χ0n) is 13.2. The summed E-state index contributed by atoms with van der Waals surface area (Å²) in [7, 11) is 1.64. The SMILES string of the molecule is CCCCCC[C@@H]1CCC[C@H]1NCC(=O)NCCOC. The number of nitrogens with one attached hydrogen (secondary N) is 2. The van der Waals surface area contributed by atoms with E-state index < -0.39 is 0 Å². The molecule has 0 aromatic rings. The number of hydrogen-bond acceptors (Lipinski definition) is 3. The van der Waals surface area contributed by atoms with Crippen LogP contribution in [0.2, 0.25) is 0 Å². The maximum Gasteiger partial charge on any atom is 0.234 e. The number of amides is 1. The molecule has 1 fully saturated rings. The second-order valence-electron chi connectivity index (χ2n) is 5.87. The van der Waals surface area contributed by atoms with Crippen LogP contribution in [0.25, 0.3) is 0 Å². The standard InChI is InChI=1S/C16H32N2O2/c1-3-4-5-6-8-14-9-7-10-15(14)18-13-16(19)17-11-12-20-2/h14-15,18H,3-13H2,1-2H3,(H,17,19)/t14-,15-/m1/s1. The molecule has 0 unspecified atom stereocenters. The lowest BCUT2D eigenvalue weighted by Gasteiger charge is -2.20. The van der Waals surface area contributed by atoms with Gasteiger partial charge < -0.3 is 15.4 Å². The number of unbranched alkanes of at least 4 members (excludes halogenated alkanes) is 3. The third-order valence-corrected chi connectivity index (χ3v) is 4.24. The Morgan fingerprint density at radius 2 is 2.10 bits per heavy atom. The number of methoxy groups -OCH3 is 1. The Balaban J connectivity index is 2.12. The largest absolute Gasteiger partial charge is 0.383 e. The number of carbonyl (C=O) groups is 1. The molecule has 1 amide bonds. The van der Waals surface area contributed by atoms with E-state index in [4.69, 9.17) is 4.74 Å². The molecule has 0 radical (unpaired) electrons. The molecule has 0 saturated heterocycles. The molecule has 0 aromatic carbocycles. The Kier molecular flexibility index (Phi) is 9.67. The van der Waals surface area contributed by atoms with Crippen LogP contribution >= 0.6 is 0 Å². The summed E-state index contributed by atoms with van der Waals surface area (Å²) in [5.41, 5.74) is 0. The maximum atomic E-state index is 11.7. The minimum absolute atomic E-state index is 0.0821. The van der Waals surface area contributed by atoms with Crippen molar-refractivity contribution in [2.24, 2.45) is 5.92 Å². The third-order valence-electron chi connectivity index (χ3n) is 4.24. The van der Waals surface area contributed by atoms with E-state index in [1.807, 2.05) is 0 Å². The highest BCUT2D eigenvalue weighted by Crippen LogP contribution is 2.30. The Morgan fingerprint density at radius 1 is 1.25 bits per heavy atom. The molecule has 4 heteroatoms. The Morgan fingerprint density at radius 3 is 2.85 bits per heavy atom. The quantitative estimate of drug-likeness (QED) is 0.573. The van der Waals surface area contributed by atoms with E-state index in [-0.39, 0.29) is 5.91 Å². The van der Waals surface area contributed by atoms with Crippen molar-refractivity contribution < 1.29 is 9.53 Å². The lowest BCUT2D eigenvalue weighted by molar-refractivity contribution is -0.120. The summed E-state index contributed by atoms with van der Waals surface area (Å²) in [6.07, 6.45) is 10.5. The van der Waals surface area contributed by atoms with Crippen molar-refractivity contribution in [2.75, 3.05) is 26.8 Å². The zero-order chi connectivity index (χ0) is 14.6. The first-order valence-corrected chi connectivity index (χ1v) is 8.27. The van der Waals surface area contributed by atoms with Crippen LogP contribution in [0.1, 0.15) is 58.3 Å². The van der Waals surface area contributed by atoms with E-state index in [1.165, 1.54) is 51.4 Å². The minimum Gasteiger partial charge on any atom is -0.383 e. The summed E-state index contributed by atoms with van der Waals surface area (Å²) in [6, 6.07) is 0.546. The van der Waals surface area contributed by atoms with Gasteiger partial charge in [0.2, 0.25) is 5.91 Å². The van der Waals surface area contributed by atoms with Gasteiger partial charge in [0.15, 0.2) is 0 Å². The normalized spacial score (nSPS) is 22.1. The van der Waals surface area contributed by atoms with Crippen molar-refractivity contribution in [3.63, 3.8) is 0 Å². The van der Waals surface area contributed by atoms with Gasteiger partial charge >= 0.3 is 0 Å². The van der Waals surface area contributed by atoms with Crippen molar-refractivity contribution in [1.82, 2.24) is 10.6 Å². The van der Waals surface area contributed by atoms with E-state index in [2.05, 4.69) is 17.6 Å². The van der Waals surface area contributed by atoms with E-state index >= 15 is 0 Å². The molecule has 1 aliphatic rings. The Bertz CT molecular complexity index is 259. The van der Waals surface area contributed by atoms with Crippen LogP contribution in [0.3, 0.4) is 0 Å². The number of carbonyl (C=O) groups excluding carboxylic acids is 1. The number of ether oxygens (including phenoxy) is 1. The molecule has 0 bridgehead atoms. The second kappa shape index (κ2) is 11.1. The summed E-state index contributed by atoms with van der Waals surface area (Å²) in [5, 5.41) is 6.30. The van der Waals surface area contributed by atoms with Crippen molar-refractivity contribution in [1.29, 1.82) is 0 Å². The Hall–Kier alpha value is -0.610. The highest BCUT2D eigenvalue weighted by molar-refractivity contribution is 5.77. The fourth-order valence-electron chi connectivity index (χ4n) is 3.06. The van der Waals surface area contributed by atoms with Gasteiger partial charge in [0, 0.05) is 19.7 Å². The zero-order valence-corrected chi connectivity index (χ0v) is 13.2. The molecule has 2 N–H and O–H groups in total. The molecule has 0 heterocycles. The lowest BCUT2D eigenvalue weighted by Crippen LogP contribution is -2.41. The lowest BCUT2D eigenvalue weighted by atomic mass is 9.96. The van der Waals surface area contributed by atoms with Crippen LogP contribution < -0.4 is 10.6 Å². The van der Waals surface area contributed by atoms with E-state index in [1.54, 1.807) is 7.11 Å². The van der Waals surface area contributed by atoms with Gasteiger partial charge in [0.1, 0.15) is 0 Å². The summed E-state index contributed by atoms with van der Waals surface area (Å²) in [4.78, 5) is 11.7. The van der Waals surface area contributed by atoms with Gasteiger partial charge in [-0.25, -0.2) is 0 Å². The average Bonchev–Trinajstić information content (AvgIpc) is 2.89. The van der Waals surface area contributed by atoms with Crippen molar-refractivity contribution in [2.45, 2.75) is 64.3 Å². The van der Waals surface area contributed by atoms with Gasteiger partial charge in [-0.05, 0) is 25.2 Å². The van der Waals surface area contributed by atoms with Gasteiger partial charge in [-0.3, -0.25) is 4.79 Å². The summed E-state index contributed by atoms with van der Waals surface area (Å²) in [6.45, 7) is 3.87. The molecule has 1 rings (SSSR count). The predicted molar refractivity (Wildman–Crippen MR) is 82.8 cm³/mol. The summed E-state index contributed by atoms with van der Waals surface area (Å²) in [5.74, 6) is 0.859. The first kappa shape index (κ1) is 17.4. The van der Waals surface area contributed by atoms with Crippen LogP contribution in [-0.2, 0) is 9.53 Å². The predicted octanol–water partition coefficient (Wildman–Crippen LogP) is 2.48. The molecule has 20 heavy (non-hydrogen) atoms. The van der Waals surface area contributed by atoms with E-state index in [0.717, 1.165) is 5.92 Å². The van der Waals surface area contributed by atoms with Crippen LogP contribution in [0, 0.1) is 5.92 Å². The number of rotatable bonds is 11. The van der Waals surface area contributed by atoms with Gasteiger partial charge in [-0.15, -0.1) is 0 Å². The van der Waals surface area contributed by atoms with E-state index in [0.29, 0.717) is 25.7 Å². The van der Waals surface area contributed by atoms with Crippen LogP contribution in [0.15, 0.2) is 0 Å². The molecular formula is C16H32N2O2. The van der Waals surface area contributed by atoms with Gasteiger partial charge in [-0.1, -0.05) is 39.0 Å². The van der Waals surface area contributed by atoms with Crippen molar-refractivity contribution >= 4 is 5.91 Å². The first-order valence-electron chi connectivity index (χ1n) is 8.27. The van der Waals surface area contributed by atoms with Crippen LogP contribution in [0.4, 0.5) is 0 Å². The molecule has 4 nitrogen and oxygen atoms in total. The van der Waals surface area contributed by atoms with Crippen LogP contribution in [0.5, 0.6) is 0 Å². The summed E-state index contributed by atoms with van der Waals surface area (Å²) < 4.78 is 4.92. The van der Waals surface area contributed by atoms with Crippen LogP contribution in [-0.4, -0.2) is 38.8 Å². The topological polar surface area (TPSA) is 50.4 Å². The highest BCUT2D eigenvalue weighted by atomic mass is 16.5. The fourth-order valence-corrected chi connectivity index (χ4v) is 3.06. The van der Waals surface area contributed by atoms with Crippen molar-refractivity contribution in [3.8, 4) is 0 Å². The third kappa shape index (κ3) is 7.25. The van der Waals surface area contributed by atoms with Gasteiger partial charge in [0.05, 0.1) is 13.2 Å². The molecule has 0 aliphatic heterocycles. The molecule has 0 spiro atoms. The monoisotopic (exact) mass is 284 g/mol. The summed E-state index contributed by atoms with van der Waals surface area (Å²) >= 11 is 0. The molecular weight excluding hydrogens is 252 g/mol. The number of hydrogen-bond donors (Lipinski definition) is 2. The molecule has 0 aromatic heterocycles. The van der Waals surface area contributed by atoms with Gasteiger partial charge in [0.25, 0.3) is 0 Å². The second-order valence-corrected chi connectivity index (χ2v) is 5.87. The minimum atomic E-state index is 0.0821. The first-order chi connectivity index (χ1) is 9.77. The maximum absolute atomic E-state index is 11.7. The van der Waals surface area contributed by atoms with Gasteiger partial charge in [-0.2, -0.15) is 0 Å². The Labute approximate surface area is 124 Å². The molecule has 1 aliphatic carbocycles. The average molecular weight is 284 g/mol. The molecule has 118 valence electrons. The highest BCUT2D eigenvalue weighted by Gasteiger charge is 2.26. The molecule has 1 saturated carbocycles. The van der Waals surface area contributed by atoms with E-state index in [9.17, 15) is 4.79 Å². The van der Waals surface area contributed by atoms with Crippen molar-refractivity contribution in [3.05, 3.63) is 0 Å². The fraction of sp³-hybridized carbons (Fsp3) is 0.938.